The fourth-order valence-electron chi connectivity index (χ4n) is 2.59. The molecular weight excluding hydrogens is 370 g/mol. The van der Waals surface area contributed by atoms with Crippen LogP contribution in [0.4, 0.5) is 5.69 Å². The zero-order chi connectivity index (χ0) is 20.8. The van der Waals surface area contributed by atoms with Crippen LogP contribution in [0, 0.1) is 28.4 Å². The fraction of sp³-hybridized carbons (Fsp3) is 0.0909. The standard InChI is InChI=1S/C22H17N3O4/c1-15-3-6-17(7-4-15)18(13-23)11-16-5-9-20(21(12-16)28-2)29-22-10-8-19(14-24-22)25(26)27/h3-12,14H,1-2H3/b18-11-. The lowest BCUT2D eigenvalue weighted by Crippen LogP contribution is -1.94. The first kappa shape index (κ1) is 19.6. The Morgan fingerprint density at radius 1 is 1.14 bits per heavy atom. The van der Waals surface area contributed by atoms with Crippen LogP contribution in [0.1, 0.15) is 16.7 Å². The van der Waals surface area contributed by atoms with Crippen molar-refractivity contribution >= 4 is 17.3 Å². The number of nitrogens with zero attached hydrogens (tertiary/aromatic N) is 3. The lowest BCUT2D eigenvalue weighted by Gasteiger charge is -2.10. The zero-order valence-electron chi connectivity index (χ0n) is 15.8. The predicted octanol–water partition coefficient (Wildman–Crippen LogP) is 5.16. The molecule has 7 nitrogen and oxygen atoms in total. The average molecular weight is 387 g/mol. The van der Waals surface area contributed by atoms with Crippen molar-refractivity contribution < 1.29 is 14.4 Å². The molecule has 1 aromatic heterocycles. The molecule has 0 unspecified atom stereocenters. The van der Waals surface area contributed by atoms with Gasteiger partial charge in [-0.25, -0.2) is 4.98 Å². The van der Waals surface area contributed by atoms with E-state index in [9.17, 15) is 15.4 Å². The highest BCUT2D eigenvalue weighted by Crippen LogP contribution is 2.33. The number of benzene rings is 2. The third-order valence-electron chi connectivity index (χ3n) is 4.13. The monoisotopic (exact) mass is 387 g/mol. The minimum Gasteiger partial charge on any atom is -0.493 e. The second-order valence-corrected chi connectivity index (χ2v) is 6.16. The zero-order valence-corrected chi connectivity index (χ0v) is 15.8. The predicted molar refractivity (Wildman–Crippen MR) is 109 cm³/mol. The van der Waals surface area contributed by atoms with Crippen molar-refractivity contribution in [2.45, 2.75) is 6.92 Å². The number of aryl methyl sites for hydroxylation is 1. The first-order valence-corrected chi connectivity index (χ1v) is 8.65. The van der Waals surface area contributed by atoms with Crippen molar-refractivity contribution in [3.63, 3.8) is 0 Å². The number of hydrogen-bond donors (Lipinski definition) is 0. The second-order valence-electron chi connectivity index (χ2n) is 6.16. The summed E-state index contributed by atoms with van der Waals surface area (Å²) in [6, 6.07) is 17.9. The van der Waals surface area contributed by atoms with Gasteiger partial charge >= 0.3 is 0 Å². The second kappa shape index (κ2) is 8.67. The van der Waals surface area contributed by atoms with Crippen LogP contribution in [-0.2, 0) is 0 Å². The van der Waals surface area contributed by atoms with E-state index in [4.69, 9.17) is 9.47 Å². The Morgan fingerprint density at radius 3 is 2.48 bits per heavy atom. The average Bonchev–Trinajstić information content (AvgIpc) is 2.74. The summed E-state index contributed by atoms with van der Waals surface area (Å²) < 4.78 is 11.1. The number of nitro groups is 1. The number of hydrogen-bond acceptors (Lipinski definition) is 6. The number of rotatable bonds is 6. The maximum atomic E-state index is 10.7. The first-order valence-electron chi connectivity index (χ1n) is 8.65. The quantitative estimate of drug-likeness (QED) is 0.251. The third-order valence-corrected chi connectivity index (χ3v) is 4.13. The van der Waals surface area contributed by atoms with Crippen LogP contribution in [0.25, 0.3) is 11.6 Å². The van der Waals surface area contributed by atoms with Crippen molar-refractivity contribution in [3.05, 3.63) is 87.6 Å². The van der Waals surface area contributed by atoms with Crippen molar-refractivity contribution in [3.8, 4) is 23.4 Å². The molecule has 0 aliphatic rings. The summed E-state index contributed by atoms with van der Waals surface area (Å²) in [5.41, 5.74) is 3.12. The molecule has 144 valence electrons. The molecule has 2 aromatic carbocycles. The van der Waals surface area contributed by atoms with Gasteiger partial charge in [0.25, 0.3) is 5.69 Å². The fourth-order valence-corrected chi connectivity index (χ4v) is 2.59. The molecule has 0 aliphatic carbocycles. The van der Waals surface area contributed by atoms with E-state index in [0.717, 1.165) is 22.9 Å². The Balaban J connectivity index is 1.87. The number of allylic oxidation sites excluding steroid dienone is 1. The van der Waals surface area contributed by atoms with Gasteiger partial charge in [-0.3, -0.25) is 10.1 Å². The molecular formula is C22H17N3O4. The molecule has 0 N–H and O–H groups in total. The molecule has 29 heavy (non-hydrogen) atoms. The summed E-state index contributed by atoms with van der Waals surface area (Å²) in [4.78, 5) is 14.1. The van der Waals surface area contributed by atoms with Gasteiger partial charge in [0, 0.05) is 12.1 Å². The van der Waals surface area contributed by atoms with E-state index < -0.39 is 4.92 Å². The summed E-state index contributed by atoms with van der Waals surface area (Å²) in [5.74, 6) is 1.05. The van der Waals surface area contributed by atoms with Crippen LogP contribution in [-0.4, -0.2) is 17.0 Å². The van der Waals surface area contributed by atoms with E-state index in [1.807, 2.05) is 31.2 Å². The Kier molecular flexibility index (Phi) is 5.85. The lowest BCUT2D eigenvalue weighted by molar-refractivity contribution is -0.385. The smallest absolute Gasteiger partial charge is 0.287 e. The lowest BCUT2D eigenvalue weighted by atomic mass is 10.0. The first-order chi connectivity index (χ1) is 14.0. The van der Waals surface area contributed by atoms with Crippen LogP contribution >= 0.6 is 0 Å². The van der Waals surface area contributed by atoms with E-state index in [1.54, 1.807) is 24.3 Å². The molecule has 3 rings (SSSR count). The van der Waals surface area contributed by atoms with Gasteiger partial charge in [-0.15, -0.1) is 0 Å². The molecule has 0 bridgehead atoms. The Morgan fingerprint density at radius 2 is 1.90 bits per heavy atom. The molecule has 7 heteroatoms. The Hall–Kier alpha value is -4.18. The van der Waals surface area contributed by atoms with E-state index in [1.165, 1.54) is 19.2 Å². The number of nitriles is 1. The number of ether oxygens (including phenoxy) is 2. The van der Waals surface area contributed by atoms with Crippen molar-refractivity contribution in [1.29, 1.82) is 5.26 Å². The van der Waals surface area contributed by atoms with Gasteiger partial charge in [0.15, 0.2) is 11.5 Å². The van der Waals surface area contributed by atoms with E-state index >= 15 is 0 Å². The molecule has 0 spiro atoms. The van der Waals surface area contributed by atoms with Gasteiger partial charge in [0.1, 0.15) is 6.20 Å². The molecule has 3 aromatic rings. The van der Waals surface area contributed by atoms with Crippen LogP contribution in [0.2, 0.25) is 0 Å². The van der Waals surface area contributed by atoms with E-state index in [2.05, 4.69) is 11.1 Å². The Bertz CT molecular complexity index is 1100. The van der Waals surface area contributed by atoms with Gasteiger partial charge in [-0.2, -0.15) is 5.26 Å². The minimum absolute atomic E-state index is 0.120. The minimum atomic E-state index is -0.528. The van der Waals surface area contributed by atoms with Gasteiger partial charge < -0.3 is 9.47 Å². The molecule has 0 saturated carbocycles. The van der Waals surface area contributed by atoms with Crippen LogP contribution < -0.4 is 9.47 Å². The number of methoxy groups -OCH3 is 1. The van der Waals surface area contributed by atoms with E-state index in [-0.39, 0.29) is 11.6 Å². The van der Waals surface area contributed by atoms with Crippen LogP contribution in [0.5, 0.6) is 17.4 Å². The molecule has 1 heterocycles. The molecule has 0 amide bonds. The highest BCUT2D eigenvalue weighted by Gasteiger charge is 2.11. The molecule has 0 atom stereocenters. The number of aromatic nitrogens is 1. The summed E-state index contributed by atoms with van der Waals surface area (Å²) in [6.45, 7) is 1.99. The maximum absolute atomic E-state index is 10.7. The normalized spacial score (nSPS) is 10.9. The summed E-state index contributed by atoms with van der Waals surface area (Å²) in [6.07, 6.45) is 2.89. The Labute approximate surface area is 167 Å². The molecule has 0 saturated heterocycles. The molecule has 0 aliphatic heterocycles. The van der Waals surface area contributed by atoms with Gasteiger partial charge in [-0.05, 0) is 36.3 Å². The molecule has 0 fully saturated rings. The highest BCUT2D eigenvalue weighted by molar-refractivity contribution is 5.89. The summed E-state index contributed by atoms with van der Waals surface area (Å²) in [7, 11) is 1.50. The number of pyridine rings is 1. The molecule has 0 radical (unpaired) electrons. The van der Waals surface area contributed by atoms with Gasteiger partial charge in [0.05, 0.1) is 23.7 Å². The van der Waals surface area contributed by atoms with Gasteiger partial charge in [-0.1, -0.05) is 35.9 Å². The summed E-state index contributed by atoms with van der Waals surface area (Å²) >= 11 is 0. The van der Waals surface area contributed by atoms with E-state index in [0.29, 0.717) is 17.1 Å². The van der Waals surface area contributed by atoms with Crippen LogP contribution in [0.15, 0.2) is 60.8 Å². The van der Waals surface area contributed by atoms with Crippen molar-refractivity contribution in [1.82, 2.24) is 4.98 Å². The SMILES string of the molecule is COc1cc(/C=C(/C#N)c2ccc(C)cc2)ccc1Oc1ccc([N+](=O)[O-])cn1. The summed E-state index contributed by atoms with van der Waals surface area (Å²) in [5, 5.41) is 20.2. The van der Waals surface area contributed by atoms with Crippen molar-refractivity contribution in [2.75, 3.05) is 7.11 Å². The largest absolute Gasteiger partial charge is 0.493 e. The maximum Gasteiger partial charge on any atom is 0.287 e. The van der Waals surface area contributed by atoms with Crippen molar-refractivity contribution in [2.24, 2.45) is 0 Å². The van der Waals surface area contributed by atoms with Crippen LogP contribution in [0.3, 0.4) is 0 Å². The highest BCUT2D eigenvalue weighted by atomic mass is 16.6. The third kappa shape index (κ3) is 4.76. The topological polar surface area (TPSA) is 98.3 Å². The van der Waals surface area contributed by atoms with Gasteiger partial charge in [0.2, 0.25) is 5.88 Å².